The fourth-order valence-electron chi connectivity index (χ4n) is 2.70. The number of hydrogen-bond donors (Lipinski definition) is 1. The molecule has 0 spiro atoms. The molecule has 0 atom stereocenters. The second-order valence-corrected chi connectivity index (χ2v) is 5.66. The molecular weight excluding hydrogens is 326 g/mol. The summed E-state index contributed by atoms with van der Waals surface area (Å²) in [4.78, 5) is 20.8. The van der Waals surface area contributed by atoms with Gasteiger partial charge in [0.1, 0.15) is 23.6 Å². The number of hydrogen-bond acceptors (Lipinski definition) is 4. The Hall–Kier alpha value is -3.98. The minimum Gasteiger partial charge on any atom is -0.322 e. The molecule has 0 aliphatic carbocycles. The van der Waals surface area contributed by atoms with Crippen molar-refractivity contribution >= 4 is 22.6 Å². The van der Waals surface area contributed by atoms with Gasteiger partial charge < -0.3 is 5.32 Å². The minimum absolute atomic E-state index is 0.193. The lowest BCUT2D eigenvalue weighted by Gasteiger charge is -2.08. The number of nitrogens with one attached hydrogen (secondary N) is 1. The van der Waals surface area contributed by atoms with Crippen molar-refractivity contribution in [2.75, 3.05) is 5.32 Å². The zero-order valence-corrected chi connectivity index (χ0v) is 13.6. The summed E-state index contributed by atoms with van der Waals surface area (Å²) in [5.41, 5.74) is 3.81. The molecule has 0 fully saturated rings. The molecule has 6 heteroatoms. The van der Waals surface area contributed by atoms with Crippen molar-refractivity contribution in [2.24, 2.45) is 0 Å². The Labute approximate surface area is 149 Å². The van der Waals surface area contributed by atoms with E-state index in [9.17, 15) is 4.79 Å². The predicted molar refractivity (Wildman–Crippen MR) is 98.0 cm³/mol. The van der Waals surface area contributed by atoms with Crippen LogP contribution in [0.3, 0.4) is 0 Å². The van der Waals surface area contributed by atoms with Gasteiger partial charge >= 0.3 is 0 Å². The lowest BCUT2D eigenvalue weighted by Crippen LogP contribution is -2.12. The van der Waals surface area contributed by atoms with Crippen molar-refractivity contribution in [3.8, 4) is 11.8 Å². The van der Waals surface area contributed by atoms with E-state index in [0.717, 1.165) is 16.9 Å². The van der Waals surface area contributed by atoms with Gasteiger partial charge in [-0.2, -0.15) is 5.26 Å². The van der Waals surface area contributed by atoms with Crippen LogP contribution in [-0.2, 0) is 0 Å². The summed E-state index contributed by atoms with van der Waals surface area (Å²) in [6.07, 6.45) is 3.22. The van der Waals surface area contributed by atoms with Crippen LogP contribution in [0.1, 0.15) is 16.1 Å². The Morgan fingerprint density at radius 3 is 2.69 bits per heavy atom. The highest BCUT2D eigenvalue weighted by Crippen LogP contribution is 2.20. The van der Waals surface area contributed by atoms with Gasteiger partial charge in [-0.25, -0.2) is 9.97 Å². The fraction of sp³-hybridized carbons (Fsp3) is 0. The van der Waals surface area contributed by atoms with Crippen molar-refractivity contribution in [3.63, 3.8) is 0 Å². The highest BCUT2D eigenvalue weighted by Gasteiger charge is 2.10. The van der Waals surface area contributed by atoms with Crippen LogP contribution >= 0.6 is 0 Å². The molecule has 124 valence electrons. The molecule has 0 aliphatic rings. The first-order valence-corrected chi connectivity index (χ1v) is 7.94. The number of amides is 1. The van der Waals surface area contributed by atoms with Gasteiger partial charge in [-0.05, 0) is 30.3 Å². The molecule has 0 aliphatic heterocycles. The molecule has 2 aromatic carbocycles. The van der Waals surface area contributed by atoms with Crippen LogP contribution in [-0.4, -0.2) is 20.4 Å². The van der Waals surface area contributed by atoms with Gasteiger partial charge in [0.05, 0.1) is 11.7 Å². The third-order valence-corrected chi connectivity index (χ3v) is 3.97. The van der Waals surface area contributed by atoms with Gasteiger partial charge in [0.2, 0.25) is 0 Å². The number of carbonyl (C=O) groups is 1. The molecule has 6 nitrogen and oxygen atoms in total. The van der Waals surface area contributed by atoms with E-state index in [4.69, 9.17) is 5.26 Å². The number of fused-ring (bicyclic) bond motifs is 1. The number of aromatic nitrogens is 3. The summed E-state index contributed by atoms with van der Waals surface area (Å²) in [7, 11) is 0. The molecule has 26 heavy (non-hydrogen) atoms. The van der Waals surface area contributed by atoms with E-state index in [1.807, 2.05) is 53.1 Å². The van der Waals surface area contributed by atoms with Crippen LogP contribution in [0.15, 0.2) is 73.2 Å². The van der Waals surface area contributed by atoms with E-state index >= 15 is 0 Å². The summed E-state index contributed by atoms with van der Waals surface area (Å²) < 4.78 is 1.83. The molecule has 0 bridgehead atoms. The molecular formula is C20H13N5O. The molecule has 4 aromatic rings. The van der Waals surface area contributed by atoms with E-state index in [0.29, 0.717) is 16.8 Å². The van der Waals surface area contributed by atoms with Gasteiger partial charge in [0.15, 0.2) is 0 Å². The normalized spacial score (nSPS) is 10.4. The van der Waals surface area contributed by atoms with Crippen molar-refractivity contribution < 1.29 is 4.79 Å². The second-order valence-electron chi connectivity index (χ2n) is 5.66. The molecule has 2 heterocycles. The Morgan fingerprint density at radius 2 is 1.88 bits per heavy atom. The standard InChI is InChI=1S/C20H13N5O/c21-11-16-10-19-18(12-22-16)23-13-25(19)17-8-4-5-14(9-17)20(26)24-15-6-2-1-3-7-15/h1-10,12-13H,(H,24,26). The molecule has 0 unspecified atom stereocenters. The third kappa shape index (κ3) is 2.89. The summed E-state index contributed by atoms with van der Waals surface area (Å²) in [6, 6.07) is 20.2. The van der Waals surface area contributed by atoms with Crippen molar-refractivity contribution in [2.45, 2.75) is 0 Å². The average Bonchev–Trinajstić information content (AvgIpc) is 3.12. The molecule has 0 radical (unpaired) electrons. The van der Waals surface area contributed by atoms with Gasteiger partial charge in [-0.3, -0.25) is 9.36 Å². The second kappa shape index (κ2) is 6.49. The van der Waals surface area contributed by atoms with E-state index < -0.39 is 0 Å². The summed E-state index contributed by atoms with van der Waals surface area (Å²) in [5.74, 6) is -0.193. The van der Waals surface area contributed by atoms with E-state index in [1.165, 1.54) is 0 Å². The highest BCUT2D eigenvalue weighted by molar-refractivity contribution is 6.04. The maximum atomic E-state index is 12.5. The van der Waals surface area contributed by atoms with Crippen LogP contribution in [0.4, 0.5) is 5.69 Å². The lowest BCUT2D eigenvalue weighted by atomic mass is 10.1. The maximum Gasteiger partial charge on any atom is 0.255 e. The molecule has 2 aromatic heterocycles. The topological polar surface area (TPSA) is 83.6 Å². The molecule has 0 saturated carbocycles. The first kappa shape index (κ1) is 15.5. The largest absolute Gasteiger partial charge is 0.322 e. The zero-order valence-electron chi connectivity index (χ0n) is 13.6. The third-order valence-electron chi connectivity index (χ3n) is 3.97. The SMILES string of the molecule is N#Cc1cc2c(cn1)ncn2-c1cccc(C(=O)Nc2ccccc2)c1. The quantitative estimate of drug-likeness (QED) is 0.619. The number of nitriles is 1. The van der Waals surface area contributed by atoms with Crippen LogP contribution in [0.2, 0.25) is 0 Å². The number of benzene rings is 2. The van der Waals surface area contributed by atoms with Crippen molar-refractivity contribution in [1.29, 1.82) is 5.26 Å². The number of pyridine rings is 1. The van der Waals surface area contributed by atoms with E-state index in [-0.39, 0.29) is 5.91 Å². The molecule has 1 N–H and O–H groups in total. The molecule has 0 saturated heterocycles. The van der Waals surface area contributed by atoms with Gasteiger partial charge in [-0.1, -0.05) is 24.3 Å². The number of para-hydroxylation sites is 1. The number of carbonyl (C=O) groups excluding carboxylic acids is 1. The predicted octanol–water partition coefficient (Wildman–Crippen LogP) is 3.54. The Morgan fingerprint density at radius 1 is 1.04 bits per heavy atom. The number of nitrogens with zero attached hydrogens (tertiary/aromatic N) is 4. The van der Waals surface area contributed by atoms with Gasteiger partial charge in [-0.15, -0.1) is 0 Å². The smallest absolute Gasteiger partial charge is 0.255 e. The lowest BCUT2D eigenvalue weighted by molar-refractivity contribution is 0.102. The fourth-order valence-corrected chi connectivity index (χ4v) is 2.70. The minimum atomic E-state index is -0.193. The number of rotatable bonds is 3. The summed E-state index contributed by atoms with van der Waals surface area (Å²) >= 11 is 0. The number of anilines is 1. The van der Waals surface area contributed by atoms with Gasteiger partial charge in [0.25, 0.3) is 5.91 Å². The Kier molecular flexibility index (Phi) is 3.88. The molecule has 4 rings (SSSR count). The van der Waals surface area contributed by atoms with E-state index in [1.54, 1.807) is 30.7 Å². The zero-order chi connectivity index (χ0) is 17.9. The van der Waals surface area contributed by atoms with Crippen LogP contribution in [0.25, 0.3) is 16.7 Å². The van der Waals surface area contributed by atoms with Crippen molar-refractivity contribution in [1.82, 2.24) is 14.5 Å². The average molecular weight is 339 g/mol. The van der Waals surface area contributed by atoms with Crippen molar-refractivity contribution in [3.05, 3.63) is 84.4 Å². The van der Waals surface area contributed by atoms with E-state index in [2.05, 4.69) is 15.3 Å². The number of imidazole rings is 1. The first-order valence-electron chi connectivity index (χ1n) is 7.94. The van der Waals surface area contributed by atoms with Gasteiger partial charge in [0, 0.05) is 23.0 Å². The Balaban J connectivity index is 1.70. The molecule has 1 amide bonds. The Bertz CT molecular complexity index is 1140. The van der Waals surface area contributed by atoms with Crippen LogP contribution in [0.5, 0.6) is 0 Å². The first-order chi connectivity index (χ1) is 12.7. The summed E-state index contributed by atoms with van der Waals surface area (Å²) in [6.45, 7) is 0. The monoisotopic (exact) mass is 339 g/mol. The maximum absolute atomic E-state index is 12.5. The highest BCUT2D eigenvalue weighted by atomic mass is 16.1. The van der Waals surface area contributed by atoms with Crippen LogP contribution < -0.4 is 5.32 Å². The summed E-state index contributed by atoms with van der Waals surface area (Å²) in [5, 5.41) is 11.9. The van der Waals surface area contributed by atoms with Crippen LogP contribution in [0, 0.1) is 11.3 Å².